The van der Waals surface area contributed by atoms with Crippen LogP contribution in [0, 0.1) is 11.6 Å². The van der Waals surface area contributed by atoms with Gasteiger partial charge in [0.2, 0.25) is 0 Å². The van der Waals surface area contributed by atoms with E-state index in [-0.39, 0.29) is 0 Å². The van der Waals surface area contributed by atoms with E-state index in [1.807, 2.05) is 0 Å². The summed E-state index contributed by atoms with van der Waals surface area (Å²) < 4.78 is 31.0. The van der Waals surface area contributed by atoms with Crippen LogP contribution in [-0.4, -0.2) is 7.11 Å². The molecule has 0 radical (unpaired) electrons. The quantitative estimate of drug-likeness (QED) is 0.861. The number of methoxy groups -OCH3 is 1. The Bertz CT molecular complexity index is 575. The minimum atomic E-state index is -0.874. The Kier molecular flexibility index (Phi) is 3.72. The summed E-state index contributed by atoms with van der Waals surface area (Å²) in [6.45, 7) is 0. The molecule has 0 atom stereocenters. The fourth-order valence-electron chi connectivity index (χ4n) is 1.40. The molecular weight excluding hydrogens is 256 g/mol. The predicted molar refractivity (Wildman–Crippen MR) is 67.9 cm³/mol. The van der Waals surface area contributed by atoms with Gasteiger partial charge in [0, 0.05) is 15.5 Å². The van der Waals surface area contributed by atoms with Gasteiger partial charge in [0.15, 0.2) is 11.6 Å². The molecule has 0 aliphatic heterocycles. The van der Waals surface area contributed by atoms with E-state index in [0.717, 1.165) is 17.0 Å². The molecule has 2 aromatic rings. The van der Waals surface area contributed by atoms with Crippen molar-refractivity contribution in [1.82, 2.24) is 0 Å². The van der Waals surface area contributed by atoms with Gasteiger partial charge in [-0.3, -0.25) is 0 Å². The third-order valence-corrected chi connectivity index (χ3v) is 3.40. The minimum absolute atomic E-state index is 0.561. The highest BCUT2D eigenvalue weighted by Crippen LogP contribution is 2.34. The molecule has 2 aromatic carbocycles. The number of nitrogens with two attached hydrogens (primary N) is 1. The average Bonchev–Trinajstić information content (AvgIpc) is 2.36. The highest BCUT2D eigenvalue weighted by molar-refractivity contribution is 7.99. The molecule has 0 fully saturated rings. The van der Waals surface area contributed by atoms with Gasteiger partial charge >= 0.3 is 0 Å². The van der Waals surface area contributed by atoms with Crippen LogP contribution in [0.3, 0.4) is 0 Å². The monoisotopic (exact) mass is 267 g/mol. The molecule has 0 aliphatic carbocycles. The fraction of sp³-hybridized carbons (Fsp3) is 0.0769. The molecule has 5 heteroatoms. The molecule has 0 bridgehead atoms. The Morgan fingerprint density at radius 3 is 2.50 bits per heavy atom. The Balaban J connectivity index is 2.30. The summed E-state index contributed by atoms with van der Waals surface area (Å²) in [7, 11) is 1.55. The van der Waals surface area contributed by atoms with Crippen molar-refractivity contribution in [3.63, 3.8) is 0 Å². The Hall–Kier alpha value is -1.75. The number of hydrogen-bond acceptors (Lipinski definition) is 3. The van der Waals surface area contributed by atoms with Crippen molar-refractivity contribution in [1.29, 1.82) is 0 Å². The third-order valence-electron chi connectivity index (χ3n) is 2.34. The van der Waals surface area contributed by atoms with Crippen LogP contribution in [0.2, 0.25) is 0 Å². The maximum absolute atomic E-state index is 13.1. The summed E-state index contributed by atoms with van der Waals surface area (Å²) in [4.78, 5) is 1.31. The lowest BCUT2D eigenvalue weighted by molar-refractivity contribution is 0.414. The van der Waals surface area contributed by atoms with Gasteiger partial charge < -0.3 is 10.5 Å². The summed E-state index contributed by atoms with van der Waals surface area (Å²) in [5.41, 5.74) is 6.38. The van der Waals surface area contributed by atoms with Crippen molar-refractivity contribution in [2.45, 2.75) is 9.79 Å². The summed E-state index contributed by atoms with van der Waals surface area (Å²) in [5.74, 6) is -1.08. The van der Waals surface area contributed by atoms with Crippen LogP contribution in [-0.2, 0) is 0 Å². The van der Waals surface area contributed by atoms with Crippen molar-refractivity contribution in [3.8, 4) is 5.75 Å². The van der Waals surface area contributed by atoms with E-state index in [0.29, 0.717) is 16.3 Å². The number of anilines is 1. The predicted octanol–water partition coefficient (Wildman–Crippen LogP) is 3.71. The Morgan fingerprint density at radius 2 is 1.83 bits per heavy atom. The van der Waals surface area contributed by atoms with E-state index < -0.39 is 11.6 Å². The van der Waals surface area contributed by atoms with Crippen molar-refractivity contribution < 1.29 is 13.5 Å². The molecule has 0 unspecified atom stereocenters. The molecule has 0 aromatic heterocycles. The largest absolute Gasteiger partial charge is 0.497 e. The molecule has 0 spiro atoms. The molecule has 18 heavy (non-hydrogen) atoms. The number of benzene rings is 2. The van der Waals surface area contributed by atoms with Gasteiger partial charge in [0.1, 0.15) is 5.75 Å². The SMILES string of the molecule is COc1ccc(N)c(Sc2ccc(F)c(F)c2)c1. The van der Waals surface area contributed by atoms with Crippen LogP contribution in [0.5, 0.6) is 5.75 Å². The van der Waals surface area contributed by atoms with E-state index in [1.54, 1.807) is 25.3 Å². The lowest BCUT2D eigenvalue weighted by Crippen LogP contribution is -1.91. The molecular formula is C13H11F2NOS. The van der Waals surface area contributed by atoms with Crippen molar-refractivity contribution in [2.75, 3.05) is 12.8 Å². The molecule has 0 saturated heterocycles. The lowest BCUT2D eigenvalue weighted by atomic mass is 10.3. The van der Waals surface area contributed by atoms with E-state index in [4.69, 9.17) is 10.5 Å². The Labute approximate surface area is 108 Å². The van der Waals surface area contributed by atoms with Crippen molar-refractivity contribution in [3.05, 3.63) is 48.0 Å². The first-order valence-corrected chi connectivity index (χ1v) is 5.98. The second-order valence-electron chi connectivity index (χ2n) is 3.58. The van der Waals surface area contributed by atoms with Gasteiger partial charge in [-0.25, -0.2) is 8.78 Å². The maximum Gasteiger partial charge on any atom is 0.159 e. The molecule has 0 amide bonds. The van der Waals surface area contributed by atoms with Crippen LogP contribution >= 0.6 is 11.8 Å². The highest BCUT2D eigenvalue weighted by atomic mass is 32.2. The zero-order valence-electron chi connectivity index (χ0n) is 9.61. The third kappa shape index (κ3) is 2.73. The molecule has 94 valence electrons. The fourth-order valence-corrected chi connectivity index (χ4v) is 2.31. The highest BCUT2D eigenvalue weighted by Gasteiger charge is 2.07. The van der Waals surface area contributed by atoms with Gasteiger partial charge in [-0.15, -0.1) is 0 Å². The minimum Gasteiger partial charge on any atom is -0.497 e. The summed E-state index contributed by atoms with van der Waals surface area (Å²) in [5, 5.41) is 0. The Morgan fingerprint density at radius 1 is 1.06 bits per heavy atom. The second kappa shape index (κ2) is 5.27. The zero-order valence-corrected chi connectivity index (χ0v) is 10.4. The number of ether oxygens (including phenoxy) is 1. The van der Waals surface area contributed by atoms with Crippen molar-refractivity contribution >= 4 is 17.4 Å². The van der Waals surface area contributed by atoms with E-state index in [2.05, 4.69) is 0 Å². The summed E-state index contributed by atoms with van der Waals surface area (Å²) in [6.07, 6.45) is 0. The first-order chi connectivity index (χ1) is 8.60. The molecule has 0 aliphatic rings. The number of halogens is 2. The maximum atomic E-state index is 13.1. The number of rotatable bonds is 3. The standard InChI is InChI=1S/C13H11F2NOS/c1-17-8-2-5-12(16)13(6-8)18-9-3-4-10(14)11(15)7-9/h2-7H,16H2,1H3. The molecule has 0 saturated carbocycles. The first kappa shape index (κ1) is 12.7. The lowest BCUT2D eigenvalue weighted by Gasteiger charge is -2.08. The van der Waals surface area contributed by atoms with Gasteiger partial charge in [0.25, 0.3) is 0 Å². The zero-order chi connectivity index (χ0) is 13.1. The van der Waals surface area contributed by atoms with E-state index >= 15 is 0 Å². The molecule has 2 N–H and O–H groups in total. The van der Waals surface area contributed by atoms with Crippen LogP contribution in [0.1, 0.15) is 0 Å². The van der Waals surface area contributed by atoms with E-state index in [1.165, 1.54) is 17.8 Å². The number of hydrogen-bond donors (Lipinski definition) is 1. The first-order valence-electron chi connectivity index (χ1n) is 5.16. The average molecular weight is 267 g/mol. The smallest absolute Gasteiger partial charge is 0.159 e. The van der Waals surface area contributed by atoms with Crippen LogP contribution in [0.25, 0.3) is 0 Å². The molecule has 2 rings (SSSR count). The van der Waals surface area contributed by atoms with Gasteiger partial charge in [-0.2, -0.15) is 0 Å². The van der Waals surface area contributed by atoms with Crippen LogP contribution < -0.4 is 10.5 Å². The summed E-state index contributed by atoms with van der Waals surface area (Å²) in [6, 6.07) is 8.93. The van der Waals surface area contributed by atoms with Crippen LogP contribution in [0.15, 0.2) is 46.2 Å². The van der Waals surface area contributed by atoms with E-state index in [9.17, 15) is 8.78 Å². The topological polar surface area (TPSA) is 35.2 Å². The van der Waals surface area contributed by atoms with Crippen LogP contribution in [0.4, 0.5) is 14.5 Å². The second-order valence-corrected chi connectivity index (χ2v) is 4.70. The van der Waals surface area contributed by atoms with Crippen molar-refractivity contribution in [2.24, 2.45) is 0 Å². The molecule has 0 heterocycles. The van der Waals surface area contributed by atoms with Gasteiger partial charge in [0.05, 0.1) is 7.11 Å². The number of nitrogen functional groups attached to an aromatic ring is 1. The molecule has 2 nitrogen and oxygen atoms in total. The van der Waals surface area contributed by atoms with Gasteiger partial charge in [-0.1, -0.05) is 11.8 Å². The normalized spacial score (nSPS) is 10.4. The summed E-state index contributed by atoms with van der Waals surface area (Å²) >= 11 is 1.25. The van der Waals surface area contributed by atoms with Gasteiger partial charge in [-0.05, 0) is 36.4 Å².